The van der Waals surface area contributed by atoms with Gasteiger partial charge in [-0.15, -0.1) is 10.2 Å². The Labute approximate surface area is 180 Å². The van der Waals surface area contributed by atoms with Crippen molar-refractivity contribution in [2.75, 3.05) is 18.2 Å². The summed E-state index contributed by atoms with van der Waals surface area (Å²) in [6, 6.07) is 14.3. The molecule has 0 bridgehead atoms. The van der Waals surface area contributed by atoms with E-state index in [0.29, 0.717) is 21.6 Å². The first-order chi connectivity index (χ1) is 14.0. The van der Waals surface area contributed by atoms with E-state index in [4.69, 9.17) is 16.3 Å². The minimum Gasteiger partial charge on any atom is -0.496 e. The second-order valence-corrected chi connectivity index (χ2v) is 8.35. The molecule has 0 aliphatic heterocycles. The monoisotopic (exact) mass is 448 g/mol. The van der Waals surface area contributed by atoms with Gasteiger partial charge in [0.15, 0.2) is 4.34 Å². The Bertz CT molecular complexity index is 1010. The lowest BCUT2D eigenvalue weighted by atomic mass is 10.2. The minimum atomic E-state index is -0.378. The minimum absolute atomic E-state index is 0.152. The molecule has 2 amide bonds. The van der Waals surface area contributed by atoms with E-state index in [1.54, 1.807) is 31.4 Å². The van der Waals surface area contributed by atoms with Crippen molar-refractivity contribution in [1.82, 2.24) is 15.5 Å². The van der Waals surface area contributed by atoms with E-state index in [1.807, 2.05) is 24.3 Å². The Kier molecular flexibility index (Phi) is 7.45. The van der Waals surface area contributed by atoms with Gasteiger partial charge in [0.25, 0.3) is 5.91 Å². The largest absolute Gasteiger partial charge is 0.496 e. The van der Waals surface area contributed by atoms with Gasteiger partial charge in [-0.3, -0.25) is 9.59 Å². The number of hydrogen-bond donors (Lipinski definition) is 2. The maximum absolute atomic E-state index is 12.2. The normalized spacial score (nSPS) is 10.4. The third-order valence-corrected chi connectivity index (χ3v) is 5.97. The molecule has 0 spiro atoms. The highest BCUT2D eigenvalue weighted by molar-refractivity contribution is 8.01. The van der Waals surface area contributed by atoms with Crippen LogP contribution in [0.25, 0.3) is 0 Å². The number of amides is 2. The number of carbonyl (C=O) groups is 2. The predicted octanol–water partition coefficient (Wildman–Crippen LogP) is 3.86. The number of para-hydroxylation sites is 1. The molecule has 29 heavy (non-hydrogen) atoms. The van der Waals surface area contributed by atoms with Crippen LogP contribution in [-0.2, 0) is 11.3 Å². The number of nitrogens with one attached hydrogen (secondary N) is 2. The number of methoxy groups -OCH3 is 1. The predicted molar refractivity (Wildman–Crippen MR) is 115 cm³/mol. The van der Waals surface area contributed by atoms with Crippen LogP contribution in [0.1, 0.15) is 15.4 Å². The standard InChI is InChI=1S/C19H17ClN4O3S2/c1-27-15-8-3-2-5-12(15)10-21-16(25)11-28-19-24-23-18(29-19)17(26)22-14-7-4-6-13(20)9-14/h2-9H,10-11H2,1H3,(H,21,25)(H,22,26). The first kappa shape index (κ1) is 21.1. The molecule has 7 nitrogen and oxygen atoms in total. The van der Waals surface area contributed by atoms with Crippen molar-refractivity contribution in [2.24, 2.45) is 0 Å². The number of ether oxygens (including phenoxy) is 1. The molecule has 0 atom stereocenters. The van der Waals surface area contributed by atoms with Crippen molar-refractivity contribution in [2.45, 2.75) is 10.9 Å². The second kappa shape index (κ2) is 10.2. The van der Waals surface area contributed by atoms with E-state index in [2.05, 4.69) is 20.8 Å². The fourth-order valence-electron chi connectivity index (χ4n) is 2.33. The van der Waals surface area contributed by atoms with Crippen molar-refractivity contribution in [1.29, 1.82) is 0 Å². The highest BCUT2D eigenvalue weighted by Gasteiger charge is 2.15. The highest BCUT2D eigenvalue weighted by atomic mass is 35.5. The lowest BCUT2D eigenvalue weighted by Crippen LogP contribution is -2.24. The second-order valence-electron chi connectivity index (χ2n) is 5.71. The summed E-state index contributed by atoms with van der Waals surface area (Å²) >= 11 is 8.25. The van der Waals surface area contributed by atoms with Gasteiger partial charge in [-0.1, -0.05) is 59.0 Å². The van der Waals surface area contributed by atoms with E-state index in [9.17, 15) is 9.59 Å². The first-order valence-corrected chi connectivity index (χ1v) is 10.6. The van der Waals surface area contributed by atoms with E-state index in [1.165, 1.54) is 11.8 Å². The van der Waals surface area contributed by atoms with Gasteiger partial charge in [0.2, 0.25) is 10.9 Å². The van der Waals surface area contributed by atoms with Crippen molar-refractivity contribution < 1.29 is 14.3 Å². The zero-order valence-corrected chi connectivity index (χ0v) is 17.7. The van der Waals surface area contributed by atoms with Crippen LogP contribution in [0.5, 0.6) is 5.75 Å². The van der Waals surface area contributed by atoms with Crippen LogP contribution in [0, 0.1) is 0 Å². The molecular weight excluding hydrogens is 432 g/mol. The number of carbonyl (C=O) groups excluding carboxylic acids is 2. The van der Waals surface area contributed by atoms with Crippen LogP contribution in [0.2, 0.25) is 5.02 Å². The molecule has 3 aromatic rings. The Hall–Kier alpha value is -2.62. The van der Waals surface area contributed by atoms with Gasteiger partial charge in [-0.25, -0.2) is 0 Å². The lowest BCUT2D eigenvalue weighted by Gasteiger charge is -2.09. The number of aromatic nitrogens is 2. The molecule has 2 N–H and O–H groups in total. The summed E-state index contributed by atoms with van der Waals surface area (Å²) < 4.78 is 5.80. The van der Waals surface area contributed by atoms with Crippen LogP contribution in [0.3, 0.4) is 0 Å². The molecule has 3 rings (SSSR count). The average molecular weight is 449 g/mol. The number of thioether (sulfide) groups is 1. The van der Waals surface area contributed by atoms with Gasteiger partial charge in [0.05, 0.1) is 12.9 Å². The van der Waals surface area contributed by atoms with Gasteiger partial charge in [-0.05, 0) is 24.3 Å². The van der Waals surface area contributed by atoms with Gasteiger partial charge in [0.1, 0.15) is 5.75 Å². The maximum atomic E-state index is 12.2. The van der Waals surface area contributed by atoms with Gasteiger partial charge in [-0.2, -0.15) is 0 Å². The number of nitrogens with zero attached hydrogens (tertiary/aromatic N) is 2. The Morgan fingerprint density at radius 2 is 2.00 bits per heavy atom. The summed E-state index contributed by atoms with van der Waals surface area (Å²) in [5, 5.41) is 14.1. The molecule has 10 heteroatoms. The van der Waals surface area contributed by atoms with Gasteiger partial charge in [0, 0.05) is 22.8 Å². The molecule has 2 aromatic carbocycles. The SMILES string of the molecule is COc1ccccc1CNC(=O)CSc1nnc(C(=O)Nc2cccc(Cl)c2)s1. The summed E-state index contributed by atoms with van der Waals surface area (Å²) in [6.07, 6.45) is 0. The van der Waals surface area contributed by atoms with E-state index in [0.717, 1.165) is 22.6 Å². The molecule has 0 saturated carbocycles. The topological polar surface area (TPSA) is 93.2 Å². The molecule has 0 fully saturated rings. The van der Waals surface area contributed by atoms with Gasteiger partial charge >= 0.3 is 0 Å². The van der Waals surface area contributed by atoms with Crippen molar-refractivity contribution in [3.8, 4) is 5.75 Å². The molecule has 1 heterocycles. The highest BCUT2D eigenvalue weighted by Crippen LogP contribution is 2.23. The maximum Gasteiger partial charge on any atom is 0.286 e. The van der Waals surface area contributed by atoms with Crippen LogP contribution < -0.4 is 15.4 Å². The zero-order chi connectivity index (χ0) is 20.6. The van der Waals surface area contributed by atoms with E-state index in [-0.39, 0.29) is 22.6 Å². The van der Waals surface area contributed by atoms with Crippen LogP contribution >= 0.6 is 34.7 Å². The average Bonchev–Trinajstić information content (AvgIpc) is 3.20. The number of anilines is 1. The number of halogens is 1. The lowest BCUT2D eigenvalue weighted by molar-refractivity contribution is -0.118. The molecule has 0 unspecified atom stereocenters. The fraction of sp³-hybridized carbons (Fsp3) is 0.158. The Morgan fingerprint density at radius 3 is 2.79 bits per heavy atom. The molecule has 1 aromatic heterocycles. The van der Waals surface area contributed by atoms with E-state index >= 15 is 0 Å². The van der Waals surface area contributed by atoms with Crippen LogP contribution in [-0.4, -0.2) is 34.9 Å². The van der Waals surface area contributed by atoms with Gasteiger partial charge < -0.3 is 15.4 Å². The Balaban J connectivity index is 1.48. The molecule has 0 radical (unpaired) electrons. The third kappa shape index (κ3) is 6.18. The summed E-state index contributed by atoms with van der Waals surface area (Å²) in [5.41, 5.74) is 1.46. The fourth-order valence-corrected chi connectivity index (χ4v) is 4.10. The van der Waals surface area contributed by atoms with Crippen LogP contribution in [0.15, 0.2) is 52.9 Å². The van der Waals surface area contributed by atoms with Crippen molar-refractivity contribution in [3.63, 3.8) is 0 Å². The molecule has 0 aliphatic rings. The quantitative estimate of drug-likeness (QED) is 0.508. The number of benzene rings is 2. The first-order valence-electron chi connectivity index (χ1n) is 8.47. The molecule has 0 saturated heterocycles. The molecule has 0 aliphatic carbocycles. The summed E-state index contributed by atoms with van der Waals surface area (Å²) in [5.74, 6) is 0.359. The molecular formula is C19H17ClN4O3S2. The van der Waals surface area contributed by atoms with Crippen molar-refractivity contribution >= 4 is 52.2 Å². The van der Waals surface area contributed by atoms with Crippen LogP contribution in [0.4, 0.5) is 5.69 Å². The summed E-state index contributed by atoms with van der Waals surface area (Å²) in [7, 11) is 1.59. The Morgan fingerprint density at radius 1 is 1.17 bits per heavy atom. The number of hydrogen-bond acceptors (Lipinski definition) is 7. The summed E-state index contributed by atoms with van der Waals surface area (Å²) in [4.78, 5) is 24.3. The smallest absolute Gasteiger partial charge is 0.286 e. The van der Waals surface area contributed by atoms with Crippen molar-refractivity contribution in [3.05, 3.63) is 64.1 Å². The zero-order valence-electron chi connectivity index (χ0n) is 15.3. The molecule has 150 valence electrons. The number of rotatable bonds is 8. The van der Waals surface area contributed by atoms with E-state index < -0.39 is 0 Å². The third-order valence-electron chi connectivity index (χ3n) is 3.68. The summed E-state index contributed by atoms with van der Waals surface area (Å²) in [6.45, 7) is 0.368.